The van der Waals surface area contributed by atoms with E-state index in [0.29, 0.717) is 25.6 Å². The Balaban J connectivity index is 1.32. The predicted molar refractivity (Wildman–Crippen MR) is 122 cm³/mol. The Morgan fingerprint density at radius 3 is 2.72 bits per heavy atom. The first-order chi connectivity index (χ1) is 15.7. The summed E-state index contributed by atoms with van der Waals surface area (Å²) in [5.74, 6) is 2.95. The highest BCUT2D eigenvalue weighted by Gasteiger charge is 2.32. The van der Waals surface area contributed by atoms with Crippen molar-refractivity contribution in [3.8, 4) is 17.4 Å². The fourth-order valence-electron chi connectivity index (χ4n) is 4.01. The molecule has 1 N–H and O–H groups in total. The summed E-state index contributed by atoms with van der Waals surface area (Å²) in [5.41, 5.74) is 1.06. The second kappa shape index (κ2) is 11.2. The first-order valence-corrected chi connectivity index (χ1v) is 11.3. The van der Waals surface area contributed by atoms with E-state index in [1.54, 1.807) is 6.20 Å². The number of guanidine groups is 1. The van der Waals surface area contributed by atoms with Gasteiger partial charge in [0.2, 0.25) is 5.88 Å². The number of hydrogen-bond donors (Lipinski definition) is 1. The minimum Gasteiger partial charge on any atom is -0.494 e. The lowest BCUT2D eigenvalue weighted by Gasteiger charge is -2.37. The van der Waals surface area contributed by atoms with Gasteiger partial charge in [-0.1, -0.05) is 0 Å². The highest BCUT2D eigenvalue weighted by atomic mass is 16.5. The summed E-state index contributed by atoms with van der Waals surface area (Å²) in [7, 11) is 1.81. The minimum atomic E-state index is 0.0971. The number of nitrogens with zero attached hydrogens (tertiary/aromatic N) is 3. The molecule has 2 fully saturated rings. The number of pyridine rings is 1. The van der Waals surface area contributed by atoms with Gasteiger partial charge < -0.3 is 29.2 Å². The molecule has 172 valence electrons. The zero-order valence-corrected chi connectivity index (χ0v) is 18.8. The van der Waals surface area contributed by atoms with Gasteiger partial charge in [0.05, 0.1) is 19.3 Å². The van der Waals surface area contributed by atoms with Gasteiger partial charge in [-0.25, -0.2) is 4.98 Å². The third kappa shape index (κ3) is 5.89. The Labute approximate surface area is 189 Å². The Bertz CT molecular complexity index is 884. The molecular weight excluding hydrogens is 408 g/mol. The smallest absolute Gasteiger partial charge is 0.219 e. The lowest BCUT2D eigenvalue weighted by atomic mass is 10.1. The summed E-state index contributed by atoms with van der Waals surface area (Å²) in [6.45, 7) is 6.33. The molecule has 2 aromatic rings. The number of rotatable bonds is 7. The number of ether oxygens (including phenoxy) is 4. The maximum Gasteiger partial charge on any atom is 0.219 e. The molecule has 0 amide bonds. The van der Waals surface area contributed by atoms with Crippen molar-refractivity contribution in [2.45, 2.75) is 38.5 Å². The van der Waals surface area contributed by atoms with E-state index in [2.05, 4.69) is 20.2 Å². The molecule has 3 heterocycles. The first kappa shape index (κ1) is 22.4. The summed E-state index contributed by atoms with van der Waals surface area (Å²) < 4.78 is 23.2. The average Bonchev–Trinajstić information content (AvgIpc) is 3.37. The zero-order chi connectivity index (χ0) is 22.2. The standard InChI is InChI=1S/C24H32N4O4/c1-3-29-19-6-8-20(9-7-19)32-23-15-18(10-11-26-23)16-27-24(25-2)28-12-14-31-22(17-28)21-5-4-13-30-21/h6-11,15,21-22H,3-5,12-14,16-17H2,1-2H3,(H,25,27). The van der Waals surface area contributed by atoms with Crippen LogP contribution in [0, 0.1) is 0 Å². The normalized spacial score (nSPS) is 21.4. The highest BCUT2D eigenvalue weighted by Crippen LogP contribution is 2.23. The van der Waals surface area contributed by atoms with E-state index in [0.717, 1.165) is 55.6 Å². The van der Waals surface area contributed by atoms with Crippen LogP contribution in [0.15, 0.2) is 47.6 Å². The molecule has 32 heavy (non-hydrogen) atoms. The average molecular weight is 441 g/mol. The minimum absolute atomic E-state index is 0.0971. The molecule has 8 nitrogen and oxygen atoms in total. The van der Waals surface area contributed by atoms with Gasteiger partial charge in [-0.3, -0.25) is 4.99 Å². The fourth-order valence-corrected chi connectivity index (χ4v) is 4.01. The number of nitrogens with one attached hydrogen (secondary N) is 1. The van der Waals surface area contributed by atoms with E-state index in [1.165, 1.54) is 0 Å². The largest absolute Gasteiger partial charge is 0.494 e. The van der Waals surface area contributed by atoms with E-state index in [4.69, 9.17) is 18.9 Å². The van der Waals surface area contributed by atoms with Gasteiger partial charge in [0.1, 0.15) is 17.6 Å². The summed E-state index contributed by atoms with van der Waals surface area (Å²) >= 11 is 0. The molecular formula is C24H32N4O4. The van der Waals surface area contributed by atoms with E-state index in [1.807, 2.05) is 50.4 Å². The lowest BCUT2D eigenvalue weighted by molar-refractivity contribution is -0.0817. The van der Waals surface area contributed by atoms with Crippen molar-refractivity contribution in [1.29, 1.82) is 0 Å². The van der Waals surface area contributed by atoms with Crippen LogP contribution >= 0.6 is 0 Å². The molecule has 0 saturated carbocycles. The van der Waals surface area contributed by atoms with Crippen molar-refractivity contribution in [2.75, 3.05) is 40.0 Å². The molecule has 0 aliphatic carbocycles. The molecule has 2 aliphatic rings. The maximum atomic E-state index is 5.96. The molecule has 2 saturated heterocycles. The van der Waals surface area contributed by atoms with Crippen LogP contribution < -0.4 is 14.8 Å². The second-order valence-electron chi connectivity index (χ2n) is 7.82. The molecule has 2 unspecified atom stereocenters. The van der Waals surface area contributed by atoms with E-state index in [-0.39, 0.29) is 12.2 Å². The van der Waals surface area contributed by atoms with Crippen molar-refractivity contribution in [3.05, 3.63) is 48.2 Å². The van der Waals surface area contributed by atoms with E-state index >= 15 is 0 Å². The van der Waals surface area contributed by atoms with Crippen LogP contribution in [0.5, 0.6) is 17.4 Å². The molecule has 0 spiro atoms. The second-order valence-corrected chi connectivity index (χ2v) is 7.82. The fraction of sp³-hybridized carbons (Fsp3) is 0.500. The van der Waals surface area contributed by atoms with Crippen LogP contribution in [0.2, 0.25) is 0 Å². The molecule has 1 aromatic carbocycles. The maximum absolute atomic E-state index is 5.96. The molecule has 8 heteroatoms. The monoisotopic (exact) mass is 440 g/mol. The summed E-state index contributed by atoms with van der Waals surface area (Å²) in [5, 5.41) is 3.46. The molecule has 0 radical (unpaired) electrons. The zero-order valence-electron chi connectivity index (χ0n) is 18.8. The summed E-state index contributed by atoms with van der Waals surface area (Å²) in [6.07, 6.45) is 4.23. The third-order valence-corrected chi connectivity index (χ3v) is 5.59. The van der Waals surface area contributed by atoms with Crippen LogP contribution in [0.1, 0.15) is 25.3 Å². The van der Waals surface area contributed by atoms with Crippen LogP contribution in [0.3, 0.4) is 0 Å². The van der Waals surface area contributed by atoms with Crippen LogP contribution in [-0.2, 0) is 16.0 Å². The van der Waals surface area contributed by atoms with Gasteiger partial charge in [0, 0.05) is 45.6 Å². The number of aliphatic imine (C=N–C) groups is 1. The molecule has 0 bridgehead atoms. The van der Waals surface area contributed by atoms with Gasteiger partial charge in [-0.2, -0.15) is 0 Å². The van der Waals surface area contributed by atoms with E-state index < -0.39 is 0 Å². The lowest BCUT2D eigenvalue weighted by Crippen LogP contribution is -2.53. The third-order valence-electron chi connectivity index (χ3n) is 5.59. The van der Waals surface area contributed by atoms with Gasteiger partial charge in [0.15, 0.2) is 5.96 Å². The topological polar surface area (TPSA) is 77.4 Å². The van der Waals surface area contributed by atoms with Crippen LogP contribution in [0.25, 0.3) is 0 Å². The molecule has 4 rings (SSSR count). The van der Waals surface area contributed by atoms with Gasteiger partial charge >= 0.3 is 0 Å². The van der Waals surface area contributed by atoms with Gasteiger partial charge in [-0.15, -0.1) is 0 Å². The van der Waals surface area contributed by atoms with Gasteiger partial charge in [0.25, 0.3) is 0 Å². The van der Waals surface area contributed by atoms with Crippen LogP contribution in [-0.4, -0.2) is 68.0 Å². The number of benzene rings is 1. The summed E-state index contributed by atoms with van der Waals surface area (Å²) in [6, 6.07) is 11.4. The molecule has 2 aliphatic heterocycles. The highest BCUT2D eigenvalue weighted by molar-refractivity contribution is 5.80. The molecule has 1 aromatic heterocycles. The summed E-state index contributed by atoms with van der Waals surface area (Å²) in [4.78, 5) is 11.1. The number of morpholine rings is 1. The van der Waals surface area contributed by atoms with Crippen molar-refractivity contribution >= 4 is 5.96 Å². The Morgan fingerprint density at radius 2 is 1.97 bits per heavy atom. The Hall–Kier alpha value is -2.84. The van der Waals surface area contributed by atoms with Crippen molar-refractivity contribution < 1.29 is 18.9 Å². The van der Waals surface area contributed by atoms with Crippen molar-refractivity contribution in [1.82, 2.24) is 15.2 Å². The van der Waals surface area contributed by atoms with Crippen LogP contribution in [0.4, 0.5) is 0 Å². The number of hydrogen-bond acceptors (Lipinski definition) is 6. The van der Waals surface area contributed by atoms with E-state index in [9.17, 15) is 0 Å². The quantitative estimate of drug-likeness (QED) is 0.523. The predicted octanol–water partition coefficient (Wildman–Crippen LogP) is 3.23. The van der Waals surface area contributed by atoms with Crippen molar-refractivity contribution in [2.24, 2.45) is 4.99 Å². The van der Waals surface area contributed by atoms with Crippen molar-refractivity contribution in [3.63, 3.8) is 0 Å². The Morgan fingerprint density at radius 1 is 1.16 bits per heavy atom. The Kier molecular flexibility index (Phi) is 7.79. The number of aromatic nitrogens is 1. The molecule has 2 atom stereocenters. The first-order valence-electron chi connectivity index (χ1n) is 11.3. The van der Waals surface area contributed by atoms with Gasteiger partial charge in [-0.05, 0) is 55.7 Å². The SMILES string of the molecule is CCOc1ccc(Oc2cc(CNC(=NC)N3CCOC(C4CCCO4)C3)ccn2)cc1.